The monoisotopic (exact) mass is 265 g/mol. The highest BCUT2D eigenvalue weighted by Gasteiger charge is 2.11. The van der Waals surface area contributed by atoms with E-state index >= 15 is 0 Å². The molecule has 0 spiro atoms. The highest BCUT2D eigenvalue weighted by molar-refractivity contribution is 7.11. The highest BCUT2D eigenvalue weighted by Crippen LogP contribution is 2.18. The number of aromatic nitrogens is 3. The van der Waals surface area contributed by atoms with Gasteiger partial charge >= 0.3 is 0 Å². The quantitative estimate of drug-likeness (QED) is 0.847. The van der Waals surface area contributed by atoms with Crippen LogP contribution in [0.25, 0.3) is 0 Å². The van der Waals surface area contributed by atoms with Crippen LogP contribution >= 0.6 is 11.3 Å². The summed E-state index contributed by atoms with van der Waals surface area (Å²) in [5.41, 5.74) is 1.53. The summed E-state index contributed by atoms with van der Waals surface area (Å²) in [7, 11) is 1.51. The van der Waals surface area contributed by atoms with E-state index in [1.807, 2.05) is 13.8 Å². The van der Waals surface area contributed by atoms with Crippen LogP contribution in [0.15, 0.2) is 10.9 Å². The molecule has 2 heterocycles. The summed E-state index contributed by atoms with van der Waals surface area (Å²) in [6.45, 7) is 6.15. The Morgan fingerprint density at radius 2 is 2.06 bits per heavy atom. The van der Waals surface area contributed by atoms with Gasteiger partial charge in [0.15, 0.2) is 0 Å². The molecule has 0 aliphatic heterocycles. The molecule has 0 saturated heterocycles. The summed E-state index contributed by atoms with van der Waals surface area (Å²) in [6.07, 6.45) is 0. The van der Waals surface area contributed by atoms with Crippen LogP contribution in [0.5, 0.6) is 6.01 Å². The average Bonchev–Trinajstić information content (AvgIpc) is 2.61. The lowest BCUT2D eigenvalue weighted by Gasteiger charge is -2.09. The van der Waals surface area contributed by atoms with E-state index in [0.717, 1.165) is 15.6 Å². The molecule has 18 heavy (non-hydrogen) atoms. The van der Waals surface area contributed by atoms with Crippen LogP contribution in [0.2, 0.25) is 0 Å². The van der Waals surface area contributed by atoms with Crippen molar-refractivity contribution in [1.82, 2.24) is 14.5 Å². The van der Waals surface area contributed by atoms with E-state index in [-0.39, 0.29) is 5.56 Å². The van der Waals surface area contributed by atoms with Crippen LogP contribution in [0.3, 0.4) is 0 Å². The maximum absolute atomic E-state index is 11.9. The summed E-state index contributed by atoms with van der Waals surface area (Å²) >= 11 is 1.59. The fourth-order valence-electron chi connectivity index (χ4n) is 1.64. The zero-order valence-corrected chi connectivity index (χ0v) is 11.7. The first-order valence-corrected chi connectivity index (χ1v) is 6.38. The van der Waals surface area contributed by atoms with Crippen molar-refractivity contribution in [2.24, 2.45) is 0 Å². The molecular weight excluding hydrogens is 250 g/mol. The van der Waals surface area contributed by atoms with Crippen LogP contribution in [0.1, 0.15) is 21.3 Å². The molecule has 5 nitrogen and oxygen atoms in total. The van der Waals surface area contributed by atoms with Gasteiger partial charge in [0.05, 0.1) is 19.3 Å². The molecule has 96 valence electrons. The van der Waals surface area contributed by atoms with Gasteiger partial charge in [-0.1, -0.05) is 0 Å². The van der Waals surface area contributed by atoms with E-state index in [9.17, 15) is 4.79 Å². The fraction of sp³-hybridized carbons (Fsp3) is 0.417. The van der Waals surface area contributed by atoms with Gasteiger partial charge < -0.3 is 4.74 Å². The first-order valence-electron chi connectivity index (χ1n) is 5.56. The molecular formula is C12H15N3O2S. The molecule has 0 amide bonds. The Kier molecular flexibility index (Phi) is 3.47. The number of aryl methyl sites for hydroxylation is 3. The smallest absolute Gasteiger partial charge is 0.299 e. The van der Waals surface area contributed by atoms with Crippen molar-refractivity contribution in [3.63, 3.8) is 0 Å². The lowest BCUT2D eigenvalue weighted by atomic mass is 10.4. The van der Waals surface area contributed by atoms with Crippen LogP contribution in [-0.2, 0) is 6.54 Å². The summed E-state index contributed by atoms with van der Waals surface area (Å²) in [5, 5.41) is 0.885. The predicted molar refractivity (Wildman–Crippen MR) is 70.5 cm³/mol. The van der Waals surface area contributed by atoms with Crippen LogP contribution < -0.4 is 10.3 Å². The molecule has 0 aliphatic rings. The van der Waals surface area contributed by atoms with Gasteiger partial charge in [0.1, 0.15) is 5.01 Å². The topological polar surface area (TPSA) is 57.0 Å². The highest BCUT2D eigenvalue weighted by atomic mass is 32.1. The third kappa shape index (κ3) is 2.43. The molecule has 0 aromatic carbocycles. The summed E-state index contributed by atoms with van der Waals surface area (Å²) in [4.78, 5) is 21.7. The average molecular weight is 265 g/mol. The zero-order valence-electron chi connectivity index (χ0n) is 10.9. The molecule has 0 fully saturated rings. The third-order valence-corrected chi connectivity index (χ3v) is 3.71. The fourth-order valence-corrected chi connectivity index (χ4v) is 2.56. The van der Waals surface area contributed by atoms with Gasteiger partial charge in [0, 0.05) is 16.6 Å². The Morgan fingerprint density at radius 3 is 2.61 bits per heavy atom. The van der Waals surface area contributed by atoms with Gasteiger partial charge in [-0.15, -0.1) is 11.3 Å². The van der Waals surface area contributed by atoms with E-state index < -0.39 is 0 Å². The standard InChI is InChI=1S/C12H15N3O2S/c1-7-5-11(16)15(12(13-7)17-4)6-10-14-8(2)9(3)18-10/h5H,6H2,1-4H3. The van der Waals surface area contributed by atoms with E-state index in [1.54, 1.807) is 18.3 Å². The minimum Gasteiger partial charge on any atom is -0.468 e. The summed E-state index contributed by atoms with van der Waals surface area (Å²) in [5.74, 6) is 0. The molecule has 6 heteroatoms. The number of thiazole rings is 1. The van der Waals surface area contributed by atoms with Crippen molar-refractivity contribution in [3.8, 4) is 6.01 Å². The number of hydrogen-bond acceptors (Lipinski definition) is 5. The zero-order chi connectivity index (χ0) is 13.3. The Morgan fingerprint density at radius 1 is 1.33 bits per heavy atom. The van der Waals surface area contributed by atoms with Crippen molar-refractivity contribution in [1.29, 1.82) is 0 Å². The second-order valence-corrected chi connectivity index (χ2v) is 5.35. The second-order valence-electron chi connectivity index (χ2n) is 4.06. The maximum atomic E-state index is 11.9. The van der Waals surface area contributed by atoms with Gasteiger partial charge in [-0.3, -0.25) is 9.36 Å². The van der Waals surface area contributed by atoms with Gasteiger partial charge in [-0.25, -0.2) is 9.97 Å². The molecule has 2 aromatic rings. The molecule has 0 atom stereocenters. The van der Waals surface area contributed by atoms with E-state index in [1.165, 1.54) is 17.7 Å². The van der Waals surface area contributed by atoms with Crippen molar-refractivity contribution in [2.75, 3.05) is 7.11 Å². The second kappa shape index (κ2) is 4.89. The Labute approximate surface area is 109 Å². The first kappa shape index (κ1) is 12.8. The van der Waals surface area contributed by atoms with Crippen molar-refractivity contribution in [3.05, 3.63) is 37.7 Å². The Hall–Kier alpha value is -1.69. The SMILES string of the molecule is COc1nc(C)cc(=O)n1Cc1nc(C)c(C)s1. The van der Waals surface area contributed by atoms with E-state index in [4.69, 9.17) is 4.74 Å². The molecule has 0 bridgehead atoms. The molecule has 0 aliphatic carbocycles. The Bertz CT molecular complexity index is 611. The minimum absolute atomic E-state index is 0.121. The lowest BCUT2D eigenvalue weighted by molar-refractivity contribution is 0.349. The largest absolute Gasteiger partial charge is 0.468 e. The van der Waals surface area contributed by atoms with Crippen molar-refractivity contribution >= 4 is 11.3 Å². The molecule has 0 radical (unpaired) electrons. The molecule has 0 N–H and O–H groups in total. The number of methoxy groups -OCH3 is 1. The lowest BCUT2D eigenvalue weighted by Crippen LogP contribution is -2.23. The maximum Gasteiger partial charge on any atom is 0.299 e. The third-order valence-electron chi connectivity index (χ3n) is 2.65. The van der Waals surface area contributed by atoms with Crippen LogP contribution in [0.4, 0.5) is 0 Å². The van der Waals surface area contributed by atoms with Crippen molar-refractivity contribution in [2.45, 2.75) is 27.3 Å². The molecule has 0 unspecified atom stereocenters. The van der Waals surface area contributed by atoms with Gasteiger partial charge in [0.25, 0.3) is 11.6 Å². The van der Waals surface area contributed by atoms with Gasteiger partial charge in [-0.05, 0) is 20.8 Å². The molecule has 2 aromatic heterocycles. The minimum atomic E-state index is -0.121. The molecule has 0 saturated carbocycles. The summed E-state index contributed by atoms with van der Waals surface area (Å²) in [6, 6.07) is 1.82. The number of rotatable bonds is 3. The van der Waals surface area contributed by atoms with Crippen molar-refractivity contribution < 1.29 is 4.74 Å². The summed E-state index contributed by atoms with van der Waals surface area (Å²) < 4.78 is 6.64. The number of ether oxygens (including phenoxy) is 1. The van der Waals surface area contributed by atoms with Crippen LogP contribution in [-0.4, -0.2) is 21.6 Å². The van der Waals surface area contributed by atoms with Gasteiger partial charge in [0.2, 0.25) is 0 Å². The normalized spacial score (nSPS) is 10.7. The molecule has 2 rings (SSSR count). The Balaban J connectivity index is 2.42. The van der Waals surface area contributed by atoms with E-state index in [2.05, 4.69) is 9.97 Å². The number of nitrogens with zero attached hydrogens (tertiary/aromatic N) is 3. The van der Waals surface area contributed by atoms with Crippen LogP contribution in [0, 0.1) is 20.8 Å². The van der Waals surface area contributed by atoms with E-state index in [0.29, 0.717) is 18.2 Å². The predicted octanol–water partition coefficient (Wildman–Crippen LogP) is 1.68. The number of hydrogen-bond donors (Lipinski definition) is 0. The first-order chi connectivity index (χ1) is 8.51. The van der Waals surface area contributed by atoms with Gasteiger partial charge in [-0.2, -0.15) is 0 Å².